The van der Waals surface area contributed by atoms with E-state index in [1.165, 1.54) is 53.7 Å². The SMILES string of the molecule is O[C@@](Cn1cncn1)(c1ccc(F)cc1)c1ccccc1F. The molecule has 0 aliphatic heterocycles. The molecule has 3 aromatic rings. The minimum atomic E-state index is -1.69. The molecular weight excluding hydrogens is 288 g/mol. The summed E-state index contributed by atoms with van der Waals surface area (Å²) < 4.78 is 28.7. The molecule has 1 heterocycles. The second-order valence-corrected chi connectivity index (χ2v) is 4.94. The van der Waals surface area contributed by atoms with E-state index >= 15 is 0 Å². The summed E-state index contributed by atoms with van der Waals surface area (Å²) in [5.41, 5.74) is -1.22. The highest BCUT2D eigenvalue weighted by Gasteiger charge is 2.35. The number of aromatic nitrogens is 3. The third-order valence-electron chi connectivity index (χ3n) is 3.50. The molecule has 0 bridgehead atoms. The number of nitrogens with zero attached hydrogens (tertiary/aromatic N) is 3. The molecular formula is C16H13F2N3O. The van der Waals surface area contributed by atoms with Gasteiger partial charge in [0.2, 0.25) is 0 Å². The second kappa shape index (κ2) is 5.65. The summed E-state index contributed by atoms with van der Waals surface area (Å²) >= 11 is 0. The first kappa shape index (κ1) is 14.3. The molecule has 0 saturated heterocycles. The molecule has 0 fully saturated rings. The van der Waals surface area contributed by atoms with Crippen molar-refractivity contribution in [1.82, 2.24) is 14.8 Å². The molecule has 0 unspecified atom stereocenters. The van der Waals surface area contributed by atoms with Crippen molar-refractivity contribution in [2.45, 2.75) is 12.1 Å². The molecule has 112 valence electrons. The van der Waals surface area contributed by atoms with Gasteiger partial charge in [0, 0.05) is 5.56 Å². The maximum absolute atomic E-state index is 14.2. The van der Waals surface area contributed by atoms with Crippen molar-refractivity contribution in [3.63, 3.8) is 0 Å². The molecule has 2 aromatic carbocycles. The molecule has 0 saturated carbocycles. The molecule has 3 rings (SSSR count). The van der Waals surface area contributed by atoms with Crippen LogP contribution in [-0.4, -0.2) is 19.9 Å². The summed E-state index contributed by atoms with van der Waals surface area (Å²) in [5.74, 6) is -0.977. The smallest absolute Gasteiger partial charge is 0.137 e. The fourth-order valence-corrected chi connectivity index (χ4v) is 2.40. The number of hydrogen-bond acceptors (Lipinski definition) is 3. The van der Waals surface area contributed by atoms with Crippen molar-refractivity contribution >= 4 is 0 Å². The van der Waals surface area contributed by atoms with E-state index in [0.717, 1.165) is 0 Å². The van der Waals surface area contributed by atoms with Crippen LogP contribution < -0.4 is 0 Å². The van der Waals surface area contributed by atoms with Gasteiger partial charge in [0.1, 0.15) is 29.9 Å². The lowest BCUT2D eigenvalue weighted by Crippen LogP contribution is -2.34. The Labute approximate surface area is 125 Å². The van der Waals surface area contributed by atoms with Crippen LogP contribution >= 0.6 is 0 Å². The van der Waals surface area contributed by atoms with Crippen LogP contribution in [0.25, 0.3) is 0 Å². The molecule has 0 aliphatic carbocycles. The van der Waals surface area contributed by atoms with Crippen LogP contribution in [0.4, 0.5) is 8.78 Å². The zero-order chi connectivity index (χ0) is 15.6. The zero-order valence-electron chi connectivity index (χ0n) is 11.5. The van der Waals surface area contributed by atoms with Gasteiger partial charge in [-0.2, -0.15) is 5.10 Å². The first-order valence-electron chi connectivity index (χ1n) is 6.65. The van der Waals surface area contributed by atoms with Gasteiger partial charge >= 0.3 is 0 Å². The highest BCUT2D eigenvalue weighted by atomic mass is 19.1. The minimum absolute atomic E-state index is 0.0421. The van der Waals surface area contributed by atoms with Crippen LogP contribution in [0.2, 0.25) is 0 Å². The third-order valence-corrected chi connectivity index (χ3v) is 3.50. The summed E-state index contributed by atoms with van der Waals surface area (Å²) in [4.78, 5) is 3.82. The minimum Gasteiger partial charge on any atom is -0.378 e. The Balaban J connectivity index is 2.13. The summed E-state index contributed by atoms with van der Waals surface area (Å²) in [6.45, 7) is -0.0421. The average Bonchev–Trinajstić information content (AvgIpc) is 3.01. The zero-order valence-corrected chi connectivity index (χ0v) is 11.5. The van der Waals surface area contributed by atoms with E-state index in [0.29, 0.717) is 5.56 Å². The van der Waals surface area contributed by atoms with E-state index in [1.807, 2.05) is 0 Å². The fourth-order valence-electron chi connectivity index (χ4n) is 2.40. The molecule has 22 heavy (non-hydrogen) atoms. The number of hydrogen-bond donors (Lipinski definition) is 1. The van der Waals surface area contributed by atoms with Crippen molar-refractivity contribution in [3.05, 3.63) is 83.9 Å². The summed E-state index contributed by atoms with van der Waals surface area (Å²) in [6.07, 6.45) is 2.75. The van der Waals surface area contributed by atoms with Crippen LogP contribution in [0.5, 0.6) is 0 Å². The van der Waals surface area contributed by atoms with E-state index in [1.54, 1.807) is 12.1 Å². The molecule has 6 heteroatoms. The van der Waals surface area contributed by atoms with Crippen LogP contribution in [0, 0.1) is 11.6 Å². The summed E-state index contributed by atoms with van der Waals surface area (Å²) in [5, 5.41) is 15.1. The monoisotopic (exact) mass is 301 g/mol. The van der Waals surface area contributed by atoms with Gasteiger partial charge in [-0.25, -0.2) is 18.4 Å². The van der Waals surface area contributed by atoms with E-state index in [-0.39, 0.29) is 12.1 Å². The van der Waals surface area contributed by atoms with Gasteiger partial charge in [0.15, 0.2) is 0 Å². The van der Waals surface area contributed by atoms with Crippen LogP contribution in [0.3, 0.4) is 0 Å². The highest BCUT2D eigenvalue weighted by molar-refractivity contribution is 5.36. The number of benzene rings is 2. The molecule has 0 amide bonds. The van der Waals surface area contributed by atoms with E-state index in [4.69, 9.17) is 0 Å². The Morgan fingerprint density at radius 3 is 2.41 bits per heavy atom. The molecule has 0 radical (unpaired) electrons. The molecule has 0 aliphatic rings. The number of rotatable bonds is 4. The lowest BCUT2D eigenvalue weighted by atomic mass is 9.86. The first-order chi connectivity index (χ1) is 10.6. The summed E-state index contributed by atoms with van der Waals surface area (Å²) in [7, 11) is 0. The van der Waals surface area contributed by atoms with Crippen LogP contribution in [0.15, 0.2) is 61.2 Å². The van der Waals surface area contributed by atoms with Gasteiger partial charge in [0.05, 0.1) is 6.54 Å². The first-order valence-corrected chi connectivity index (χ1v) is 6.65. The maximum Gasteiger partial charge on any atom is 0.137 e. The largest absolute Gasteiger partial charge is 0.378 e. The third kappa shape index (κ3) is 2.60. The predicted molar refractivity (Wildman–Crippen MR) is 75.8 cm³/mol. The Morgan fingerprint density at radius 2 is 1.77 bits per heavy atom. The Morgan fingerprint density at radius 1 is 1.05 bits per heavy atom. The molecule has 0 spiro atoms. The van der Waals surface area contributed by atoms with Crippen molar-refractivity contribution in [3.8, 4) is 0 Å². The van der Waals surface area contributed by atoms with Crippen molar-refractivity contribution in [2.24, 2.45) is 0 Å². The van der Waals surface area contributed by atoms with Gasteiger partial charge < -0.3 is 5.11 Å². The number of halogens is 2. The van der Waals surface area contributed by atoms with Gasteiger partial charge in [-0.05, 0) is 23.8 Å². The average molecular weight is 301 g/mol. The Kier molecular flexibility index (Phi) is 3.68. The van der Waals surface area contributed by atoms with Crippen molar-refractivity contribution < 1.29 is 13.9 Å². The van der Waals surface area contributed by atoms with Gasteiger partial charge in [-0.1, -0.05) is 30.3 Å². The quantitative estimate of drug-likeness (QED) is 0.805. The lowest BCUT2D eigenvalue weighted by Gasteiger charge is -2.29. The predicted octanol–water partition coefficient (Wildman–Crippen LogP) is 2.49. The van der Waals surface area contributed by atoms with E-state index in [2.05, 4.69) is 10.1 Å². The van der Waals surface area contributed by atoms with Crippen LogP contribution in [0.1, 0.15) is 11.1 Å². The molecule has 1 atom stereocenters. The van der Waals surface area contributed by atoms with E-state index < -0.39 is 17.2 Å². The van der Waals surface area contributed by atoms with Gasteiger partial charge in [-0.3, -0.25) is 0 Å². The summed E-state index contributed by atoms with van der Waals surface area (Å²) in [6, 6.07) is 11.2. The van der Waals surface area contributed by atoms with Crippen molar-refractivity contribution in [2.75, 3.05) is 0 Å². The molecule has 1 N–H and O–H groups in total. The highest BCUT2D eigenvalue weighted by Crippen LogP contribution is 2.33. The Hall–Kier alpha value is -2.60. The number of aliphatic hydroxyl groups is 1. The Bertz CT molecular complexity index is 759. The van der Waals surface area contributed by atoms with Crippen molar-refractivity contribution in [1.29, 1.82) is 0 Å². The standard InChI is InChI=1S/C16H13F2N3O/c17-13-7-5-12(6-8-13)16(22,9-21-11-19-10-20-21)14-3-1-2-4-15(14)18/h1-8,10-11,22H,9H2/t16-/m0/s1. The molecule has 1 aromatic heterocycles. The van der Waals surface area contributed by atoms with E-state index in [9.17, 15) is 13.9 Å². The normalized spacial score (nSPS) is 13.8. The maximum atomic E-state index is 14.2. The van der Waals surface area contributed by atoms with Crippen LogP contribution in [-0.2, 0) is 12.1 Å². The fraction of sp³-hybridized carbons (Fsp3) is 0.125. The van der Waals surface area contributed by atoms with Gasteiger partial charge in [-0.15, -0.1) is 0 Å². The lowest BCUT2D eigenvalue weighted by molar-refractivity contribution is 0.0535. The topological polar surface area (TPSA) is 50.9 Å². The second-order valence-electron chi connectivity index (χ2n) is 4.94. The van der Waals surface area contributed by atoms with Gasteiger partial charge in [0.25, 0.3) is 0 Å². The molecule has 4 nitrogen and oxygen atoms in total.